The van der Waals surface area contributed by atoms with Gasteiger partial charge in [-0.1, -0.05) is 6.92 Å². The van der Waals surface area contributed by atoms with Crippen LogP contribution in [-0.4, -0.2) is 12.6 Å². The van der Waals surface area contributed by atoms with Gasteiger partial charge < -0.3 is 4.90 Å². The van der Waals surface area contributed by atoms with Gasteiger partial charge in [0.2, 0.25) is 0 Å². The van der Waals surface area contributed by atoms with Crippen molar-refractivity contribution in [1.82, 2.24) is 0 Å². The summed E-state index contributed by atoms with van der Waals surface area (Å²) in [7, 11) is 0. The van der Waals surface area contributed by atoms with Crippen LogP contribution < -0.4 is 4.90 Å². The lowest BCUT2D eigenvalue weighted by atomic mass is 9.91. The number of hydrogen-bond donors (Lipinski definition) is 0. The molecule has 0 radical (unpaired) electrons. The highest BCUT2D eigenvalue weighted by atomic mass is 35.5. The average Bonchev–Trinajstić information content (AvgIpc) is 2.33. The monoisotopic (exact) mass is 273 g/mol. The molecule has 2 atom stereocenters. The van der Waals surface area contributed by atoms with E-state index in [1.807, 2.05) is 11.8 Å². The molecule has 0 N–H and O–H groups in total. The molecule has 18 heavy (non-hydrogen) atoms. The number of piperidine rings is 1. The van der Waals surface area contributed by atoms with Crippen LogP contribution in [-0.2, 0) is 5.88 Å². The van der Waals surface area contributed by atoms with Crippen molar-refractivity contribution in [1.29, 1.82) is 0 Å². The molecule has 1 saturated heterocycles. The number of nitrogens with zero attached hydrogens (tertiary/aromatic N) is 1. The van der Waals surface area contributed by atoms with Crippen molar-refractivity contribution < 1.29 is 8.78 Å². The summed E-state index contributed by atoms with van der Waals surface area (Å²) < 4.78 is 28.1. The van der Waals surface area contributed by atoms with E-state index in [0.29, 0.717) is 18.0 Å². The second-order valence-electron chi connectivity index (χ2n) is 5.10. The van der Waals surface area contributed by atoms with Crippen LogP contribution in [0.3, 0.4) is 0 Å². The molecule has 100 valence electrons. The summed E-state index contributed by atoms with van der Waals surface area (Å²) in [6.07, 6.45) is 2.09. The molecule has 1 aromatic carbocycles. The van der Waals surface area contributed by atoms with Crippen molar-refractivity contribution in [2.24, 2.45) is 5.92 Å². The zero-order valence-corrected chi connectivity index (χ0v) is 11.5. The molecule has 4 heteroatoms. The Bertz CT molecular complexity index is 413. The molecular formula is C14H18ClF2N. The van der Waals surface area contributed by atoms with Crippen molar-refractivity contribution in [2.45, 2.75) is 38.6 Å². The summed E-state index contributed by atoms with van der Waals surface area (Å²) in [5.74, 6) is -0.441. The summed E-state index contributed by atoms with van der Waals surface area (Å²) >= 11 is 5.61. The summed E-state index contributed by atoms with van der Waals surface area (Å²) in [4.78, 5) is 1.84. The van der Waals surface area contributed by atoms with Crippen LogP contribution >= 0.6 is 11.6 Å². The first kappa shape index (κ1) is 13.6. The zero-order chi connectivity index (χ0) is 13.3. The SMILES string of the molecule is CC1CCCN(c2c(F)cc(CCl)cc2F)C1C. The first-order valence-electron chi connectivity index (χ1n) is 6.35. The Morgan fingerprint density at radius 2 is 1.89 bits per heavy atom. The van der Waals surface area contributed by atoms with Gasteiger partial charge in [-0.05, 0) is 43.4 Å². The standard InChI is InChI=1S/C14H18ClF2N/c1-9-4-3-5-18(10(9)2)14-12(16)6-11(8-15)7-13(14)17/h6-7,9-10H,3-5,8H2,1-2H3. The maximum atomic E-state index is 14.0. The predicted molar refractivity (Wildman–Crippen MR) is 71.1 cm³/mol. The molecule has 1 aliphatic rings. The largest absolute Gasteiger partial charge is 0.364 e. The van der Waals surface area contributed by atoms with E-state index in [4.69, 9.17) is 11.6 Å². The maximum Gasteiger partial charge on any atom is 0.149 e. The highest BCUT2D eigenvalue weighted by molar-refractivity contribution is 6.17. The zero-order valence-electron chi connectivity index (χ0n) is 10.7. The van der Waals surface area contributed by atoms with Gasteiger partial charge in [-0.3, -0.25) is 0 Å². The van der Waals surface area contributed by atoms with Gasteiger partial charge >= 0.3 is 0 Å². The Kier molecular flexibility index (Phi) is 4.10. The number of rotatable bonds is 2. The van der Waals surface area contributed by atoms with E-state index < -0.39 is 11.6 Å². The number of benzene rings is 1. The van der Waals surface area contributed by atoms with Crippen molar-refractivity contribution in [3.05, 3.63) is 29.3 Å². The molecule has 1 fully saturated rings. The van der Waals surface area contributed by atoms with Crippen LogP contribution in [0.25, 0.3) is 0 Å². The van der Waals surface area contributed by atoms with E-state index in [0.717, 1.165) is 12.8 Å². The number of halogens is 3. The van der Waals surface area contributed by atoms with Crippen LogP contribution in [0.5, 0.6) is 0 Å². The molecule has 0 bridgehead atoms. The first-order chi connectivity index (χ1) is 8.54. The molecule has 0 amide bonds. The number of anilines is 1. The molecule has 2 unspecified atom stereocenters. The maximum absolute atomic E-state index is 14.0. The predicted octanol–water partition coefficient (Wildman–Crippen LogP) is 4.33. The summed E-state index contributed by atoms with van der Waals surface area (Å²) in [5, 5.41) is 0. The minimum atomic E-state index is -0.508. The minimum Gasteiger partial charge on any atom is -0.364 e. The average molecular weight is 274 g/mol. The van der Waals surface area contributed by atoms with E-state index in [1.165, 1.54) is 12.1 Å². The third-order valence-corrected chi connectivity index (χ3v) is 4.20. The summed E-state index contributed by atoms with van der Waals surface area (Å²) in [6.45, 7) is 4.86. The first-order valence-corrected chi connectivity index (χ1v) is 6.88. The molecule has 1 aromatic rings. The molecule has 0 aliphatic carbocycles. The molecule has 2 rings (SSSR count). The lowest BCUT2D eigenvalue weighted by Crippen LogP contribution is -2.43. The fraction of sp³-hybridized carbons (Fsp3) is 0.571. The molecule has 1 aliphatic heterocycles. The highest BCUT2D eigenvalue weighted by Crippen LogP contribution is 2.33. The number of hydrogen-bond acceptors (Lipinski definition) is 1. The Hall–Kier alpha value is -0.830. The Morgan fingerprint density at radius 3 is 2.44 bits per heavy atom. The Labute approximate surface area is 112 Å². The lowest BCUT2D eigenvalue weighted by Gasteiger charge is -2.39. The van der Waals surface area contributed by atoms with Crippen molar-refractivity contribution in [3.63, 3.8) is 0 Å². The van der Waals surface area contributed by atoms with Gasteiger partial charge in [0.1, 0.15) is 17.3 Å². The minimum absolute atomic E-state index is 0.0999. The molecular weight excluding hydrogens is 256 g/mol. The smallest absolute Gasteiger partial charge is 0.149 e. The molecule has 1 nitrogen and oxygen atoms in total. The summed E-state index contributed by atoms with van der Waals surface area (Å²) in [5.41, 5.74) is 0.580. The third-order valence-electron chi connectivity index (χ3n) is 3.89. The van der Waals surface area contributed by atoms with Gasteiger partial charge in [0, 0.05) is 18.5 Å². The van der Waals surface area contributed by atoms with Crippen LogP contribution in [0.2, 0.25) is 0 Å². The van der Waals surface area contributed by atoms with Crippen LogP contribution in [0.15, 0.2) is 12.1 Å². The normalized spacial score (nSPS) is 24.4. The van der Waals surface area contributed by atoms with Gasteiger partial charge in [0.15, 0.2) is 0 Å². The molecule has 1 heterocycles. The van der Waals surface area contributed by atoms with Crippen LogP contribution in [0, 0.1) is 17.6 Å². The number of alkyl halides is 1. The highest BCUT2D eigenvalue weighted by Gasteiger charge is 2.28. The molecule has 0 aromatic heterocycles. The van der Waals surface area contributed by atoms with Crippen molar-refractivity contribution in [2.75, 3.05) is 11.4 Å². The van der Waals surface area contributed by atoms with Gasteiger partial charge in [0.05, 0.1) is 0 Å². The van der Waals surface area contributed by atoms with Crippen LogP contribution in [0.4, 0.5) is 14.5 Å². The second kappa shape index (κ2) is 5.43. The fourth-order valence-corrected chi connectivity index (χ4v) is 2.77. The van der Waals surface area contributed by atoms with Gasteiger partial charge in [0.25, 0.3) is 0 Å². The fourth-order valence-electron chi connectivity index (χ4n) is 2.62. The van der Waals surface area contributed by atoms with E-state index in [1.54, 1.807) is 0 Å². The Balaban J connectivity index is 2.38. The second-order valence-corrected chi connectivity index (χ2v) is 5.36. The van der Waals surface area contributed by atoms with E-state index in [-0.39, 0.29) is 17.6 Å². The van der Waals surface area contributed by atoms with E-state index >= 15 is 0 Å². The van der Waals surface area contributed by atoms with Crippen molar-refractivity contribution >= 4 is 17.3 Å². The van der Waals surface area contributed by atoms with E-state index in [9.17, 15) is 8.78 Å². The summed E-state index contributed by atoms with van der Waals surface area (Å²) in [6, 6.07) is 2.82. The molecule has 0 spiro atoms. The van der Waals surface area contributed by atoms with Gasteiger partial charge in [-0.15, -0.1) is 11.6 Å². The quantitative estimate of drug-likeness (QED) is 0.725. The Morgan fingerprint density at radius 1 is 1.28 bits per heavy atom. The molecule has 0 saturated carbocycles. The topological polar surface area (TPSA) is 3.24 Å². The van der Waals surface area contributed by atoms with Gasteiger partial charge in [-0.25, -0.2) is 8.78 Å². The van der Waals surface area contributed by atoms with Crippen LogP contribution in [0.1, 0.15) is 32.3 Å². The lowest BCUT2D eigenvalue weighted by molar-refractivity contribution is 0.356. The third kappa shape index (κ3) is 2.46. The van der Waals surface area contributed by atoms with E-state index in [2.05, 4.69) is 6.92 Å². The van der Waals surface area contributed by atoms with Gasteiger partial charge in [-0.2, -0.15) is 0 Å². The van der Waals surface area contributed by atoms with Crippen molar-refractivity contribution in [3.8, 4) is 0 Å².